The van der Waals surface area contributed by atoms with E-state index in [-0.39, 0.29) is 6.61 Å². The van der Waals surface area contributed by atoms with Crippen LogP contribution in [0.2, 0.25) is 0 Å². The van der Waals surface area contributed by atoms with Crippen LogP contribution >= 0.6 is 0 Å². The molecule has 1 atom stereocenters. The largest absolute Gasteiger partial charge is 0.395 e. The van der Waals surface area contributed by atoms with E-state index in [4.69, 9.17) is 5.11 Å². The molecule has 0 aliphatic carbocycles. The normalized spacial score (nSPS) is 21.8. The third kappa shape index (κ3) is 2.34. The summed E-state index contributed by atoms with van der Waals surface area (Å²) in [5.41, 5.74) is 1.07. The Kier molecular flexibility index (Phi) is 3.69. The molecular weight excluding hydrogens is 202 g/mol. The van der Waals surface area contributed by atoms with Crippen molar-refractivity contribution in [3.05, 3.63) is 11.6 Å². The fourth-order valence-corrected chi connectivity index (χ4v) is 2.88. The molecule has 0 fully saturated rings. The van der Waals surface area contributed by atoms with Gasteiger partial charge in [-0.15, -0.1) is 0 Å². The third-order valence-corrected chi connectivity index (χ3v) is 4.62. The fraction of sp³-hybridized carbons (Fsp3) is 0.778. The highest BCUT2D eigenvalue weighted by Gasteiger charge is 2.28. The standard InChI is InChI=1S/C9H17NO3S/c1-8-4-3-5-10(6-8)14(12,13)9(2)7-11/h4,9,11H,3,5-7H2,1-2H3. The quantitative estimate of drug-likeness (QED) is 0.697. The summed E-state index contributed by atoms with van der Waals surface area (Å²) in [6.45, 7) is 4.13. The van der Waals surface area contributed by atoms with Gasteiger partial charge in [-0.1, -0.05) is 11.6 Å². The SMILES string of the molecule is CC1=CCCN(S(=O)(=O)C(C)CO)C1. The molecule has 4 nitrogen and oxygen atoms in total. The second-order valence-electron chi connectivity index (χ2n) is 3.71. The lowest BCUT2D eigenvalue weighted by Gasteiger charge is -2.27. The first-order valence-electron chi connectivity index (χ1n) is 4.74. The molecule has 0 aromatic heterocycles. The Bertz CT molecular complexity index is 321. The van der Waals surface area contributed by atoms with Gasteiger partial charge in [0.2, 0.25) is 10.0 Å². The van der Waals surface area contributed by atoms with E-state index < -0.39 is 15.3 Å². The maximum atomic E-state index is 11.8. The minimum Gasteiger partial charge on any atom is -0.395 e. The number of hydrogen-bond donors (Lipinski definition) is 1. The van der Waals surface area contributed by atoms with Crippen molar-refractivity contribution >= 4 is 10.0 Å². The highest BCUT2D eigenvalue weighted by atomic mass is 32.2. The van der Waals surface area contributed by atoms with Crippen LogP contribution in [0.5, 0.6) is 0 Å². The van der Waals surface area contributed by atoms with Gasteiger partial charge in [-0.05, 0) is 20.3 Å². The lowest BCUT2D eigenvalue weighted by Crippen LogP contribution is -2.41. The van der Waals surface area contributed by atoms with E-state index in [0.29, 0.717) is 13.1 Å². The van der Waals surface area contributed by atoms with Crippen molar-refractivity contribution in [1.29, 1.82) is 0 Å². The molecule has 0 aromatic rings. The van der Waals surface area contributed by atoms with E-state index in [1.54, 1.807) is 0 Å². The summed E-state index contributed by atoms with van der Waals surface area (Å²) in [6.07, 6.45) is 2.82. The van der Waals surface area contributed by atoms with E-state index in [0.717, 1.165) is 12.0 Å². The highest BCUT2D eigenvalue weighted by Crippen LogP contribution is 2.16. The molecular formula is C9H17NO3S. The molecule has 82 valence electrons. The lowest BCUT2D eigenvalue weighted by molar-refractivity contribution is 0.289. The maximum Gasteiger partial charge on any atom is 0.219 e. The molecule has 0 radical (unpaired) electrons. The van der Waals surface area contributed by atoms with Gasteiger partial charge in [0.15, 0.2) is 0 Å². The van der Waals surface area contributed by atoms with Crippen molar-refractivity contribution in [2.45, 2.75) is 25.5 Å². The Balaban J connectivity index is 2.79. The first-order chi connectivity index (χ1) is 6.48. The second kappa shape index (κ2) is 4.42. The van der Waals surface area contributed by atoms with Gasteiger partial charge >= 0.3 is 0 Å². The zero-order chi connectivity index (χ0) is 10.8. The molecule has 1 aliphatic heterocycles. The van der Waals surface area contributed by atoms with E-state index in [2.05, 4.69) is 6.08 Å². The van der Waals surface area contributed by atoms with Crippen LogP contribution in [-0.2, 0) is 10.0 Å². The molecule has 0 amide bonds. The van der Waals surface area contributed by atoms with Gasteiger partial charge in [0, 0.05) is 13.1 Å². The first kappa shape index (κ1) is 11.7. The van der Waals surface area contributed by atoms with Gasteiger partial charge < -0.3 is 5.11 Å². The van der Waals surface area contributed by atoms with Crippen molar-refractivity contribution in [2.24, 2.45) is 0 Å². The van der Waals surface area contributed by atoms with Crippen molar-refractivity contribution in [3.63, 3.8) is 0 Å². The van der Waals surface area contributed by atoms with E-state index in [1.807, 2.05) is 6.92 Å². The molecule has 0 saturated heterocycles. The van der Waals surface area contributed by atoms with Crippen molar-refractivity contribution in [1.82, 2.24) is 4.31 Å². The molecule has 0 aromatic carbocycles. The average molecular weight is 219 g/mol. The first-order valence-corrected chi connectivity index (χ1v) is 6.24. The molecule has 0 saturated carbocycles. The van der Waals surface area contributed by atoms with Gasteiger partial charge in [0.1, 0.15) is 0 Å². The number of hydrogen-bond acceptors (Lipinski definition) is 3. The smallest absolute Gasteiger partial charge is 0.219 e. The minimum absolute atomic E-state index is 0.318. The van der Waals surface area contributed by atoms with Gasteiger partial charge in [0.25, 0.3) is 0 Å². The van der Waals surface area contributed by atoms with Crippen LogP contribution in [0, 0.1) is 0 Å². The van der Waals surface area contributed by atoms with Gasteiger partial charge in [-0.2, -0.15) is 4.31 Å². The number of nitrogens with zero attached hydrogens (tertiary/aromatic N) is 1. The van der Waals surface area contributed by atoms with Crippen molar-refractivity contribution in [2.75, 3.05) is 19.7 Å². The van der Waals surface area contributed by atoms with Crippen LogP contribution in [0.4, 0.5) is 0 Å². The summed E-state index contributed by atoms with van der Waals surface area (Å²) in [5, 5.41) is 8.15. The fourth-order valence-electron chi connectivity index (χ4n) is 1.44. The third-order valence-electron chi connectivity index (χ3n) is 2.42. The summed E-state index contributed by atoms with van der Waals surface area (Å²) in [7, 11) is -3.30. The highest BCUT2D eigenvalue weighted by molar-refractivity contribution is 7.89. The Hall–Kier alpha value is -0.390. The summed E-state index contributed by atoms with van der Waals surface area (Å²) in [5.74, 6) is 0. The molecule has 0 bridgehead atoms. The maximum absolute atomic E-state index is 11.8. The van der Waals surface area contributed by atoms with Gasteiger partial charge in [0.05, 0.1) is 11.9 Å². The van der Waals surface area contributed by atoms with E-state index in [1.165, 1.54) is 11.2 Å². The van der Waals surface area contributed by atoms with Crippen LogP contribution in [0.15, 0.2) is 11.6 Å². The molecule has 1 aliphatic rings. The Morgan fingerprint density at radius 2 is 2.29 bits per heavy atom. The van der Waals surface area contributed by atoms with Gasteiger partial charge in [-0.3, -0.25) is 0 Å². The molecule has 0 spiro atoms. The van der Waals surface area contributed by atoms with Crippen LogP contribution in [0.3, 0.4) is 0 Å². The van der Waals surface area contributed by atoms with Crippen molar-refractivity contribution < 1.29 is 13.5 Å². The monoisotopic (exact) mass is 219 g/mol. The number of aliphatic hydroxyl groups excluding tert-OH is 1. The predicted molar refractivity (Wildman–Crippen MR) is 55.4 cm³/mol. The zero-order valence-electron chi connectivity index (χ0n) is 8.60. The molecule has 1 rings (SSSR count). The van der Waals surface area contributed by atoms with Crippen LogP contribution in [-0.4, -0.2) is 42.8 Å². The van der Waals surface area contributed by atoms with Crippen LogP contribution in [0.1, 0.15) is 20.3 Å². The van der Waals surface area contributed by atoms with Crippen LogP contribution in [0.25, 0.3) is 0 Å². The Morgan fingerprint density at radius 1 is 1.64 bits per heavy atom. The molecule has 14 heavy (non-hydrogen) atoms. The number of sulfonamides is 1. The Labute approximate surface area is 85.3 Å². The van der Waals surface area contributed by atoms with Crippen LogP contribution < -0.4 is 0 Å². The summed E-state index contributed by atoms with van der Waals surface area (Å²) in [4.78, 5) is 0. The summed E-state index contributed by atoms with van der Waals surface area (Å²) < 4.78 is 25.0. The zero-order valence-corrected chi connectivity index (χ0v) is 9.42. The van der Waals surface area contributed by atoms with E-state index in [9.17, 15) is 8.42 Å². The second-order valence-corrected chi connectivity index (χ2v) is 6.06. The number of rotatable bonds is 3. The Morgan fingerprint density at radius 3 is 2.79 bits per heavy atom. The molecule has 1 N–H and O–H groups in total. The predicted octanol–water partition coefficient (Wildman–Crippen LogP) is 0.349. The van der Waals surface area contributed by atoms with E-state index >= 15 is 0 Å². The average Bonchev–Trinajstić information content (AvgIpc) is 2.16. The summed E-state index contributed by atoms with van der Waals surface area (Å²) >= 11 is 0. The lowest BCUT2D eigenvalue weighted by atomic mass is 10.2. The van der Waals surface area contributed by atoms with Gasteiger partial charge in [-0.25, -0.2) is 8.42 Å². The minimum atomic E-state index is -3.30. The number of aliphatic hydroxyl groups is 1. The molecule has 1 unspecified atom stereocenters. The summed E-state index contributed by atoms with van der Waals surface area (Å²) in [6, 6.07) is 0. The topological polar surface area (TPSA) is 57.6 Å². The molecule has 5 heteroatoms. The molecule has 1 heterocycles. The van der Waals surface area contributed by atoms with Crippen molar-refractivity contribution in [3.8, 4) is 0 Å².